The van der Waals surface area contributed by atoms with Crippen LogP contribution in [-0.4, -0.2) is 37.2 Å². The van der Waals surface area contributed by atoms with E-state index in [0.29, 0.717) is 19.3 Å². The van der Waals surface area contributed by atoms with E-state index in [4.69, 9.17) is 14.2 Å². The first kappa shape index (κ1) is 77.1. The van der Waals surface area contributed by atoms with Gasteiger partial charge in [0.1, 0.15) is 13.2 Å². The second-order valence-corrected chi connectivity index (χ2v) is 22.7. The van der Waals surface area contributed by atoms with Crippen LogP contribution in [-0.2, 0) is 28.6 Å². The summed E-state index contributed by atoms with van der Waals surface area (Å²) in [5, 5.41) is 0. The lowest BCUT2D eigenvalue weighted by atomic mass is 10.0. The molecule has 0 aromatic carbocycles. The Hall–Kier alpha value is -3.93. The van der Waals surface area contributed by atoms with Crippen LogP contribution in [0.3, 0.4) is 0 Å². The van der Waals surface area contributed by atoms with Gasteiger partial charge in [-0.2, -0.15) is 0 Å². The van der Waals surface area contributed by atoms with Crippen LogP contribution in [0.25, 0.3) is 0 Å². The molecule has 0 saturated carbocycles. The van der Waals surface area contributed by atoms with Crippen molar-refractivity contribution in [2.45, 2.75) is 335 Å². The van der Waals surface area contributed by atoms with Crippen molar-refractivity contribution in [1.82, 2.24) is 0 Å². The summed E-state index contributed by atoms with van der Waals surface area (Å²) < 4.78 is 17.0. The van der Waals surface area contributed by atoms with E-state index in [0.717, 1.165) is 122 Å². The highest BCUT2D eigenvalue weighted by molar-refractivity contribution is 5.71. The van der Waals surface area contributed by atoms with Gasteiger partial charge in [0.25, 0.3) is 0 Å². The average Bonchev–Trinajstić information content (AvgIpc) is 3.47. The topological polar surface area (TPSA) is 78.9 Å². The smallest absolute Gasteiger partial charge is 0.306 e. The highest BCUT2D eigenvalue weighted by Crippen LogP contribution is 2.17. The molecule has 0 aliphatic rings. The van der Waals surface area contributed by atoms with Crippen molar-refractivity contribution in [3.8, 4) is 0 Å². The first-order valence-electron chi connectivity index (χ1n) is 34.4. The van der Waals surface area contributed by atoms with Gasteiger partial charge >= 0.3 is 17.9 Å². The first-order valence-corrected chi connectivity index (χ1v) is 34.4. The predicted octanol–water partition coefficient (Wildman–Crippen LogP) is 23.8. The van der Waals surface area contributed by atoms with Gasteiger partial charge in [-0.05, 0) is 109 Å². The van der Waals surface area contributed by atoms with Gasteiger partial charge in [-0.1, -0.05) is 310 Å². The lowest BCUT2D eigenvalue weighted by Gasteiger charge is -2.18. The largest absolute Gasteiger partial charge is 0.462 e. The van der Waals surface area contributed by atoms with E-state index in [-0.39, 0.29) is 31.1 Å². The van der Waals surface area contributed by atoms with Crippen LogP contribution in [0.2, 0.25) is 0 Å². The maximum absolute atomic E-state index is 13.0. The normalized spacial score (nSPS) is 12.8. The van der Waals surface area contributed by atoms with Gasteiger partial charge in [-0.15, -0.1) is 0 Å². The molecule has 0 saturated heterocycles. The lowest BCUT2D eigenvalue weighted by Crippen LogP contribution is -2.30. The number of carbonyl (C=O) groups is 3. The third kappa shape index (κ3) is 66.8. The number of rotatable bonds is 62. The summed E-state index contributed by atoms with van der Waals surface area (Å²) in [4.78, 5) is 38.4. The van der Waals surface area contributed by atoms with Crippen LogP contribution in [0.15, 0.2) is 109 Å². The molecular weight excluding hydrogens is 997 g/mol. The first-order chi connectivity index (χ1) is 40.0. The Bertz CT molecular complexity index is 1620. The van der Waals surface area contributed by atoms with Crippen LogP contribution in [0.5, 0.6) is 0 Å². The van der Waals surface area contributed by atoms with Crippen LogP contribution in [0, 0.1) is 0 Å². The average molecular weight is 1130 g/mol. The predicted molar refractivity (Wildman–Crippen MR) is 353 cm³/mol. The molecule has 0 spiro atoms. The molecule has 0 aliphatic carbocycles. The number of allylic oxidation sites excluding steroid dienone is 18. The highest BCUT2D eigenvalue weighted by Gasteiger charge is 2.19. The molecule has 0 heterocycles. The standard InChI is InChI=1S/C75H128O6/c1-4-7-10-13-16-19-22-25-28-31-34-36-37-38-39-40-42-44-47-50-53-56-59-62-65-68-74(77)80-71-72(70-79-73(76)67-64-61-58-55-52-49-46-43-33-30-27-24-21-18-15-12-9-6-3)81-75(78)69-66-63-60-57-54-51-48-45-41-35-32-29-26-23-20-17-14-11-8-5-2/h7,10,16,19,21,24-25,28,30,33-34,36,38-39,42,44,50,53,72H,4-6,8-9,11-15,17-18,20,22-23,26-27,29,31-32,35,37,40-41,43,45-49,51-52,54-71H2,1-3H3/b10-7-,19-16-,24-21-,28-25-,33-30-,36-34-,39-38-,44-42-,53-50-. The molecule has 464 valence electrons. The lowest BCUT2D eigenvalue weighted by molar-refractivity contribution is -0.167. The summed E-state index contributed by atoms with van der Waals surface area (Å²) in [5.74, 6) is -0.918. The molecule has 0 radical (unpaired) electrons. The Morgan fingerprint density at radius 2 is 0.481 bits per heavy atom. The molecule has 0 aromatic rings. The summed E-state index contributed by atoms with van der Waals surface area (Å²) >= 11 is 0. The van der Waals surface area contributed by atoms with E-state index in [1.165, 1.54) is 167 Å². The van der Waals surface area contributed by atoms with Crippen LogP contribution >= 0.6 is 0 Å². The molecule has 1 unspecified atom stereocenters. The molecule has 0 bridgehead atoms. The summed E-state index contributed by atoms with van der Waals surface area (Å²) in [6, 6.07) is 0. The van der Waals surface area contributed by atoms with E-state index < -0.39 is 6.10 Å². The summed E-state index contributed by atoms with van der Waals surface area (Å²) in [6.07, 6.45) is 93.8. The maximum atomic E-state index is 13.0. The van der Waals surface area contributed by atoms with Crippen LogP contribution in [0.1, 0.15) is 329 Å². The van der Waals surface area contributed by atoms with Crippen molar-refractivity contribution in [2.24, 2.45) is 0 Å². The van der Waals surface area contributed by atoms with Gasteiger partial charge < -0.3 is 14.2 Å². The van der Waals surface area contributed by atoms with Gasteiger partial charge in [-0.3, -0.25) is 14.4 Å². The van der Waals surface area contributed by atoms with Crippen molar-refractivity contribution in [3.05, 3.63) is 109 Å². The van der Waals surface area contributed by atoms with E-state index >= 15 is 0 Å². The second-order valence-electron chi connectivity index (χ2n) is 22.7. The number of hydrogen-bond donors (Lipinski definition) is 0. The van der Waals surface area contributed by atoms with Gasteiger partial charge in [-0.25, -0.2) is 0 Å². The molecule has 6 nitrogen and oxygen atoms in total. The molecule has 0 fully saturated rings. The van der Waals surface area contributed by atoms with E-state index in [1.54, 1.807) is 0 Å². The molecule has 0 N–H and O–H groups in total. The number of esters is 3. The van der Waals surface area contributed by atoms with Crippen molar-refractivity contribution in [1.29, 1.82) is 0 Å². The zero-order chi connectivity index (χ0) is 58.5. The number of carbonyl (C=O) groups excluding carboxylic acids is 3. The molecule has 6 heteroatoms. The summed E-state index contributed by atoms with van der Waals surface area (Å²) in [7, 11) is 0. The SMILES string of the molecule is CC/C=C\C/C=C\C/C=C\C/C=C\C/C=C\C/C=C\C/C=C\CCCCCC(=O)OCC(COC(=O)CCCCCCCCC/C=C\C/C=C\CCCCCC)OC(=O)CCCCCCCCCCCCCCCCCCCCCC. The quantitative estimate of drug-likeness (QED) is 0.0261. The number of unbranched alkanes of at least 4 members (excludes halogenated alkanes) is 33. The van der Waals surface area contributed by atoms with E-state index in [9.17, 15) is 14.4 Å². The number of ether oxygens (including phenoxy) is 3. The van der Waals surface area contributed by atoms with Gasteiger partial charge in [0.2, 0.25) is 0 Å². The van der Waals surface area contributed by atoms with Gasteiger partial charge in [0.05, 0.1) is 0 Å². The fourth-order valence-electron chi connectivity index (χ4n) is 9.63. The Kier molecular flexibility index (Phi) is 65.2. The Morgan fingerprint density at radius 3 is 0.778 bits per heavy atom. The Labute approximate surface area is 501 Å². The van der Waals surface area contributed by atoms with Crippen molar-refractivity contribution < 1.29 is 28.6 Å². The van der Waals surface area contributed by atoms with Crippen LogP contribution in [0.4, 0.5) is 0 Å². The van der Waals surface area contributed by atoms with Gasteiger partial charge in [0.15, 0.2) is 6.10 Å². The molecule has 1 atom stereocenters. The fraction of sp³-hybridized carbons (Fsp3) is 0.720. The monoisotopic (exact) mass is 1120 g/mol. The molecule has 0 aliphatic heterocycles. The van der Waals surface area contributed by atoms with Crippen LogP contribution < -0.4 is 0 Å². The zero-order valence-corrected chi connectivity index (χ0v) is 53.3. The van der Waals surface area contributed by atoms with E-state index in [1.807, 2.05) is 0 Å². The minimum Gasteiger partial charge on any atom is -0.462 e. The molecule has 81 heavy (non-hydrogen) atoms. The van der Waals surface area contributed by atoms with Crippen molar-refractivity contribution >= 4 is 17.9 Å². The maximum Gasteiger partial charge on any atom is 0.306 e. The fourth-order valence-corrected chi connectivity index (χ4v) is 9.63. The number of hydrogen-bond acceptors (Lipinski definition) is 6. The zero-order valence-electron chi connectivity index (χ0n) is 53.3. The minimum absolute atomic E-state index is 0.0915. The summed E-state index contributed by atoms with van der Waals surface area (Å²) in [5.41, 5.74) is 0. The van der Waals surface area contributed by atoms with E-state index in [2.05, 4.69) is 130 Å². The van der Waals surface area contributed by atoms with Crippen molar-refractivity contribution in [3.63, 3.8) is 0 Å². The third-order valence-corrected chi connectivity index (χ3v) is 14.8. The van der Waals surface area contributed by atoms with Crippen molar-refractivity contribution in [2.75, 3.05) is 13.2 Å². The summed E-state index contributed by atoms with van der Waals surface area (Å²) in [6.45, 7) is 6.52. The highest BCUT2D eigenvalue weighted by atomic mass is 16.6. The molecule has 0 rings (SSSR count). The molecular formula is C75H128O6. The Balaban J connectivity index is 4.45. The second kappa shape index (κ2) is 68.6. The molecule has 0 aromatic heterocycles. The van der Waals surface area contributed by atoms with Gasteiger partial charge in [0, 0.05) is 19.3 Å². The molecule has 0 amide bonds. The Morgan fingerprint density at radius 1 is 0.259 bits per heavy atom. The third-order valence-electron chi connectivity index (χ3n) is 14.8. The minimum atomic E-state index is -0.798.